The van der Waals surface area contributed by atoms with Gasteiger partial charge in [0.1, 0.15) is 11.6 Å². The summed E-state index contributed by atoms with van der Waals surface area (Å²) in [6.45, 7) is 3.58. The van der Waals surface area contributed by atoms with Crippen LogP contribution in [0.4, 0.5) is 17.5 Å². The van der Waals surface area contributed by atoms with Gasteiger partial charge in [-0.3, -0.25) is 19.4 Å². The Balaban J connectivity index is 1.44. The molecular weight excluding hydrogens is 434 g/mol. The van der Waals surface area contributed by atoms with Crippen LogP contribution >= 0.6 is 0 Å². The molecule has 2 aliphatic rings. The van der Waals surface area contributed by atoms with Gasteiger partial charge in [-0.1, -0.05) is 36.4 Å². The van der Waals surface area contributed by atoms with Gasteiger partial charge >= 0.3 is 0 Å². The molecule has 0 bridgehead atoms. The van der Waals surface area contributed by atoms with Crippen molar-refractivity contribution in [2.24, 2.45) is 0 Å². The molecule has 3 heterocycles. The van der Waals surface area contributed by atoms with E-state index in [-0.39, 0.29) is 23.7 Å². The van der Waals surface area contributed by atoms with Crippen LogP contribution in [-0.2, 0) is 22.6 Å². The van der Waals surface area contributed by atoms with Gasteiger partial charge in [0, 0.05) is 19.5 Å². The molecule has 1 aromatic heterocycles. The van der Waals surface area contributed by atoms with Gasteiger partial charge in [-0.05, 0) is 36.6 Å². The molecule has 0 aliphatic carbocycles. The van der Waals surface area contributed by atoms with Crippen LogP contribution in [-0.4, -0.2) is 34.9 Å². The number of fused-ring (bicyclic) bond motifs is 2. The summed E-state index contributed by atoms with van der Waals surface area (Å²) in [6.07, 6.45) is 0.685. The maximum atomic E-state index is 13.2. The van der Waals surface area contributed by atoms with Crippen LogP contribution < -0.4 is 25.8 Å². The van der Waals surface area contributed by atoms with Crippen LogP contribution in [0, 0.1) is 0 Å². The number of nitrogens with zero attached hydrogens (tertiary/aromatic N) is 2. The first-order chi connectivity index (χ1) is 16.5. The highest BCUT2D eigenvalue weighted by Gasteiger charge is 2.35. The van der Waals surface area contributed by atoms with Crippen molar-refractivity contribution in [2.45, 2.75) is 32.2 Å². The highest BCUT2D eigenvalue weighted by Crippen LogP contribution is 2.32. The minimum Gasteiger partial charge on any atom is -0.492 e. The summed E-state index contributed by atoms with van der Waals surface area (Å²) in [4.78, 5) is 48.1. The second kappa shape index (κ2) is 9.01. The molecule has 0 saturated heterocycles. The molecular formula is C25H25N5O4. The zero-order chi connectivity index (χ0) is 23.7. The van der Waals surface area contributed by atoms with Crippen LogP contribution in [0.5, 0.6) is 5.75 Å². The van der Waals surface area contributed by atoms with Gasteiger partial charge in [0.2, 0.25) is 17.8 Å². The first kappa shape index (κ1) is 21.7. The van der Waals surface area contributed by atoms with Gasteiger partial charge < -0.3 is 20.3 Å². The predicted molar refractivity (Wildman–Crippen MR) is 128 cm³/mol. The summed E-state index contributed by atoms with van der Waals surface area (Å²) in [5.74, 6) is -0.764. The molecule has 2 aromatic carbocycles. The summed E-state index contributed by atoms with van der Waals surface area (Å²) in [5, 5.41) is 5.49. The van der Waals surface area contributed by atoms with Crippen LogP contribution in [0.25, 0.3) is 0 Å². The normalized spacial score (nSPS) is 16.8. The van der Waals surface area contributed by atoms with Crippen molar-refractivity contribution in [3.8, 4) is 5.75 Å². The van der Waals surface area contributed by atoms with E-state index in [1.165, 1.54) is 11.1 Å². The molecule has 0 saturated carbocycles. The molecule has 0 radical (unpaired) electrons. The van der Waals surface area contributed by atoms with E-state index in [2.05, 4.69) is 32.7 Å². The molecule has 0 spiro atoms. The number of carbonyl (C=O) groups is 2. The molecule has 174 valence electrons. The molecule has 9 nitrogen and oxygen atoms in total. The van der Waals surface area contributed by atoms with Gasteiger partial charge in [-0.2, -0.15) is 4.98 Å². The number of ether oxygens (including phenoxy) is 1. The van der Waals surface area contributed by atoms with Crippen LogP contribution in [0.3, 0.4) is 0 Å². The number of hydrogen-bond donors (Lipinski definition) is 3. The SMILES string of the molecule is CCOc1ccccc1NC(=O)C1CC(=O)Nc2nc(N3CCc4ccccc4C3)[nH]c(=O)c21. The van der Waals surface area contributed by atoms with Gasteiger partial charge in [0.25, 0.3) is 5.56 Å². The monoisotopic (exact) mass is 459 g/mol. The van der Waals surface area contributed by atoms with E-state index in [1.54, 1.807) is 24.3 Å². The summed E-state index contributed by atoms with van der Waals surface area (Å²) in [6, 6.07) is 15.2. The van der Waals surface area contributed by atoms with E-state index in [4.69, 9.17) is 4.74 Å². The highest BCUT2D eigenvalue weighted by molar-refractivity contribution is 6.05. The van der Waals surface area contributed by atoms with Crippen molar-refractivity contribution in [3.05, 3.63) is 75.6 Å². The fourth-order valence-corrected chi connectivity index (χ4v) is 4.48. The van der Waals surface area contributed by atoms with E-state index < -0.39 is 17.4 Å². The van der Waals surface area contributed by atoms with Gasteiger partial charge in [0.15, 0.2) is 0 Å². The minimum absolute atomic E-state index is 0.132. The lowest BCUT2D eigenvalue weighted by atomic mass is 9.92. The second-order valence-corrected chi connectivity index (χ2v) is 8.32. The number of aromatic amines is 1. The van der Waals surface area contributed by atoms with Crippen molar-refractivity contribution >= 4 is 29.3 Å². The Bertz CT molecular complexity index is 1320. The molecule has 2 amide bonds. The predicted octanol–water partition coefficient (Wildman–Crippen LogP) is 2.80. The number of nitrogens with one attached hydrogen (secondary N) is 3. The van der Waals surface area contributed by atoms with E-state index in [0.717, 1.165) is 6.42 Å². The number of rotatable bonds is 5. The number of amides is 2. The number of aromatic nitrogens is 2. The second-order valence-electron chi connectivity index (χ2n) is 8.32. The van der Waals surface area contributed by atoms with E-state index >= 15 is 0 Å². The Hall–Kier alpha value is -4.14. The third-order valence-electron chi connectivity index (χ3n) is 6.13. The molecule has 1 unspecified atom stereocenters. The first-order valence-electron chi connectivity index (χ1n) is 11.3. The van der Waals surface area contributed by atoms with Crippen LogP contribution in [0.1, 0.15) is 36.0 Å². The molecule has 3 aromatic rings. The summed E-state index contributed by atoms with van der Waals surface area (Å²) < 4.78 is 5.57. The average molecular weight is 460 g/mol. The number of H-pyrrole nitrogens is 1. The molecule has 0 fully saturated rings. The molecule has 2 aliphatic heterocycles. The third-order valence-corrected chi connectivity index (χ3v) is 6.13. The maximum Gasteiger partial charge on any atom is 0.258 e. The molecule has 34 heavy (non-hydrogen) atoms. The zero-order valence-electron chi connectivity index (χ0n) is 18.8. The topological polar surface area (TPSA) is 116 Å². The van der Waals surface area contributed by atoms with Crippen LogP contribution in [0.2, 0.25) is 0 Å². The number of benzene rings is 2. The minimum atomic E-state index is -0.967. The van der Waals surface area contributed by atoms with Gasteiger partial charge in [0.05, 0.1) is 23.8 Å². The molecule has 3 N–H and O–H groups in total. The lowest BCUT2D eigenvalue weighted by Gasteiger charge is -2.30. The van der Waals surface area contributed by atoms with Crippen LogP contribution in [0.15, 0.2) is 53.3 Å². The lowest BCUT2D eigenvalue weighted by molar-refractivity contribution is -0.123. The smallest absolute Gasteiger partial charge is 0.258 e. The number of hydrogen-bond acceptors (Lipinski definition) is 6. The zero-order valence-corrected chi connectivity index (χ0v) is 18.8. The maximum absolute atomic E-state index is 13.2. The third kappa shape index (κ3) is 4.12. The van der Waals surface area contributed by atoms with E-state index in [9.17, 15) is 14.4 Å². The van der Waals surface area contributed by atoms with Crippen molar-refractivity contribution in [1.29, 1.82) is 0 Å². The number of carbonyl (C=O) groups excluding carboxylic acids is 2. The van der Waals surface area contributed by atoms with Gasteiger partial charge in [-0.25, -0.2) is 0 Å². The van der Waals surface area contributed by atoms with E-state index in [0.29, 0.717) is 37.1 Å². The molecule has 1 atom stereocenters. The summed E-state index contributed by atoms with van der Waals surface area (Å²) in [5.41, 5.74) is 2.65. The fraction of sp³-hybridized carbons (Fsp3) is 0.280. The largest absolute Gasteiger partial charge is 0.492 e. The van der Waals surface area contributed by atoms with Crippen molar-refractivity contribution < 1.29 is 14.3 Å². The Morgan fingerprint density at radius 1 is 1.15 bits per heavy atom. The average Bonchev–Trinajstić information content (AvgIpc) is 2.84. The van der Waals surface area contributed by atoms with E-state index in [1.807, 2.05) is 24.0 Å². The highest BCUT2D eigenvalue weighted by atomic mass is 16.5. The van der Waals surface area contributed by atoms with Crippen molar-refractivity contribution in [3.63, 3.8) is 0 Å². The molecule has 5 rings (SSSR count). The quantitative estimate of drug-likeness (QED) is 0.540. The number of anilines is 3. The lowest BCUT2D eigenvalue weighted by Crippen LogP contribution is -2.39. The number of para-hydroxylation sites is 2. The summed E-state index contributed by atoms with van der Waals surface area (Å²) in [7, 11) is 0. The van der Waals surface area contributed by atoms with Crippen molar-refractivity contribution in [1.82, 2.24) is 9.97 Å². The Labute approximate surface area is 196 Å². The first-order valence-corrected chi connectivity index (χ1v) is 11.3. The fourth-order valence-electron chi connectivity index (χ4n) is 4.48. The standard InChI is InChI=1S/C25H25N5O4/c1-2-34-19-10-6-5-9-18(19)26-23(32)17-13-20(31)27-22-21(17)24(33)29-25(28-22)30-12-11-15-7-3-4-8-16(15)14-30/h3-10,17H,2,11-14H2,1H3,(H,26,32)(H2,27,28,29,31,33). The summed E-state index contributed by atoms with van der Waals surface area (Å²) >= 11 is 0. The Morgan fingerprint density at radius 2 is 1.91 bits per heavy atom. The van der Waals surface area contributed by atoms with Crippen molar-refractivity contribution in [2.75, 3.05) is 28.7 Å². The Kier molecular flexibility index (Phi) is 5.75. The Morgan fingerprint density at radius 3 is 2.74 bits per heavy atom. The van der Waals surface area contributed by atoms with Gasteiger partial charge in [-0.15, -0.1) is 0 Å². The molecule has 9 heteroatoms.